The Morgan fingerprint density at radius 2 is 2.05 bits per heavy atom. The van der Waals surface area contributed by atoms with Gasteiger partial charge in [0.1, 0.15) is 0 Å². The van der Waals surface area contributed by atoms with E-state index in [9.17, 15) is 4.79 Å². The van der Waals surface area contributed by atoms with Crippen molar-refractivity contribution < 1.29 is 4.79 Å². The average Bonchev–Trinajstić information content (AvgIpc) is 2.82. The van der Waals surface area contributed by atoms with Gasteiger partial charge in [-0.2, -0.15) is 0 Å². The molecule has 1 aromatic carbocycles. The molecule has 5 heteroatoms. The summed E-state index contributed by atoms with van der Waals surface area (Å²) in [7, 11) is 0. The SMILES string of the molecule is CC(C)N(CCN1CCNC1=O)Cc1ccc(N)cc1. The van der Waals surface area contributed by atoms with Crippen LogP contribution in [0.1, 0.15) is 19.4 Å². The van der Waals surface area contributed by atoms with E-state index in [0.29, 0.717) is 6.04 Å². The van der Waals surface area contributed by atoms with Crippen molar-refractivity contribution >= 4 is 11.7 Å². The topological polar surface area (TPSA) is 61.6 Å². The molecule has 1 saturated heterocycles. The molecule has 0 aliphatic carbocycles. The molecule has 0 saturated carbocycles. The molecule has 2 rings (SSSR count). The molecule has 1 fully saturated rings. The Hall–Kier alpha value is -1.75. The molecule has 2 amide bonds. The lowest BCUT2D eigenvalue weighted by Crippen LogP contribution is -2.39. The molecule has 1 aliphatic heterocycles. The molecule has 0 aromatic heterocycles. The summed E-state index contributed by atoms with van der Waals surface area (Å²) in [6, 6.07) is 8.49. The third-order valence-corrected chi connectivity index (χ3v) is 3.70. The Bertz CT molecular complexity index is 444. The van der Waals surface area contributed by atoms with E-state index < -0.39 is 0 Å². The van der Waals surface area contributed by atoms with Crippen LogP contribution in [-0.2, 0) is 6.54 Å². The number of hydrogen-bond acceptors (Lipinski definition) is 3. The van der Waals surface area contributed by atoms with E-state index in [-0.39, 0.29) is 6.03 Å². The summed E-state index contributed by atoms with van der Waals surface area (Å²) in [4.78, 5) is 15.8. The van der Waals surface area contributed by atoms with Gasteiger partial charge in [0.25, 0.3) is 0 Å². The zero-order chi connectivity index (χ0) is 14.5. The van der Waals surface area contributed by atoms with Crippen LogP contribution in [0.3, 0.4) is 0 Å². The van der Waals surface area contributed by atoms with Crippen molar-refractivity contribution in [1.29, 1.82) is 0 Å². The molecule has 1 aromatic rings. The van der Waals surface area contributed by atoms with E-state index in [1.807, 2.05) is 17.0 Å². The van der Waals surface area contributed by atoms with Gasteiger partial charge < -0.3 is 16.0 Å². The predicted molar refractivity (Wildman–Crippen MR) is 81.4 cm³/mol. The summed E-state index contributed by atoms with van der Waals surface area (Å²) in [5.41, 5.74) is 7.75. The van der Waals surface area contributed by atoms with Crippen LogP contribution in [0.2, 0.25) is 0 Å². The number of carbonyl (C=O) groups excluding carboxylic acids is 1. The number of rotatable bonds is 6. The minimum Gasteiger partial charge on any atom is -0.399 e. The van der Waals surface area contributed by atoms with Crippen LogP contribution in [0, 0.1) is 0 Å². The van der Waals surface area contributed by atoms with Crippen molar-refractivity contribution in [2.24, 2.45) is 0 Å². The second-order valence-electron chi connectivity index (χ2n) is 5.52. The van der Waals surface area contributed by atoms with Crippen LogP contribution in [0.5, 0.6) is 0 Å². The molecule has 20 heavy (non-hydrogen) atoms. The molecular formula is C15H24N4O. The fraction of sp³-hybridized carbons (Fsp3) is 0.533. The van der Waals surface area contributed by atoms with Gasteiger partial charge in [-0.15, -0.1) is 0 Å². The summed E-state index contributed by atoms with van der Waals surface area (Å²) in [6.45, 7) is 8.48. The fourth-order valence-electron chi connectivity index (χ4n) is 2.35. The second kappa shape index (κ2) is 6.61. The van der Waals surface area contributed by atoms with Crippen LogP contribution < -0.4 is 11.1 Å². The molecule has 0 atom stereocenters. The number of urea groups is 1. The van der Waals surface area contributed by atoms with Gasteiger partial charge >= 0.3 is 6.03 Å². The molecule has 1 aliphatic rings. The van der Waals surface area contributed by atoms with Gasteiger partial charge in [-0.05, 0) is 31.5 Å². The number of amides is 2. The summed E-state index contributed by atoms with van der Waals surface area (Å²) in [6.07, 6.45) is 0. The quantitative estimate of drug-likeness (QED) is 0.774. The monoisotopic (exact) mass is 276 g/mol. The highest BCUT2D eigenvalue weighted by atomic mass is 16.2. The number of nitrogens with two attached hydrogens (primary N) is 1. The van der Waals surface area contributed by atoms with Crippen LogP contribution in [0.25, 0.3) is 0 Å². The standard InChI is InChI=1S/C15H24N4O/c1-12(2)19(10-9-18-8-7-17-15(18)20)11-13-3-5-14(16)6-4-13/h3-6,12H,7-11,16H2,1-2H3,(H,17,20). The number of anilines is 1. The van der Waals surface area contributed by atoms with Crippen molar-refractivity contribution in [3.8, 4) is 0 Å². The summed E-state index contributed by atoms with van der Waals surface area (Å²) < 4.78 is 0. The highest BCUT2D eigenvalue weighted by Gasteiger charge is 2.20. The number of carbonyl (C=O) groups is 1. The van der Waals surface area contributed by atoms with Crippen LogP contribution in [-0.4, -0.2) is 48.1 Å². The first-order valence-corrected chi connectivity index (χ1v) is 7.17. The highest BCUT2D eigenvalue weighted by molar-refractivity contribution is 5.76. The van der Waals surface area contributed by atoms with E-state index in [2.05, 4.69) is 36.2 Å². The smallest absolute Gasteiger partial charge is 0.317 e. The molecule has 1 heterocycles. The number of nitrogen functional groups attached to an aromatic ring is 1. The maximum absolute atomic E-state index is 11.5. The van der Waals surface area contributed by atoms with Crippen LogP contribution >= 0.6 is 0 Å². The van der Waals surface area contributed by atoms with Crippen molar-refractivity contribution in [3.05, 3.63) is 29.8 Å². The molecule has 0 unspecified atom stereocenters. The Morgan fingerprint density at radius 3 is 2.60 bits per heavy atom. The number of hydrogen-bond donors (Lipinski definition) is 2. The van der Waals surface area contributed by atoms with Crippen molar-refractivity contribution in [1.82, 2.24) is 15.1 Å². The Morgan fingerprint density at radius 1 is 1.35 bits per heavy atom. The maximum atomic E-state index is 11.5. The lowest BCUT2D eigenvalue weighted by atomic mass is 10.1. The molecule has 0 radical (unpaired) electrons. The first-order chi connectivity index (χ1) is 9.56. The van der Waals surface area contributed by atoms with Gasteiger partial charge in [0.15, 0.2) is 0 Å². The normalized spacial score (nSPS) is 15.2. The zero-order valence-corrected chi connectivity index (χ0v) is 12.3. The van der Waals surface area contributed by atoms with E-state index >= 15 is 0 Å². The van der Waals surface area contributed by atoms with Crippen LogP contribution in [0.4, 0.5) is 10.5 Å². The zero-order valence-electron chi connectivity index (χ0n) is 12.3. The van der Waals surface area contributed by atoms with E-state index in [1.54, 1.807) is 0 Å². The van der Waals surface area contributed by atoms with Gasteiger partial charge in [-0.3, -0.25) is 4.90 Å². The summed E-state index contributed by atoms with van der Waals surface area (Å²) >= 11 is 0. The van der Waals surface area contributed by atoms with E-state index in [1.165, 1.54) is 5.56 Å². The minimum absolute atomic E-state index is 0.0567. The molecule has 5 nitrogen and oxygen atoms in total. The largest absolute Gasteiger partial charge is 0.399 e. The maximum Gasteiger partial charge on any atom is 0.317 e. The van der Waals surface area contributed by atoms with Gasteiger partial charge in [0, 0.05) is 44.5 Å². The first-order valence-electron chi connectivity index (χ1n) is 7.17. The first kappa shape index (κ1) is 14.7. The average molecular weight is 276 g/mol. The summed E-state index contributed by atoms with van der Waals surface area (Å²) in [5.74, 6) is 0. The third kappa shape index (κ3) is 3.87. The summed E-state index contributed by atoms with van der Waals surface area (Å²) in [5, 5.41) is 2.83. The highest BCUT2D eigenvalue weighted by Crippen LogP contribution is 2.11. The van der Waals surface area contributed by atoms with Crippen LogP contribution in [0.15, 0.2) is 24.3 Å². The Balaban J connectivity index is 1.90. The number of nitrogens with one attached hydrogen (secondary N) is 1. The number of benzene rings is 1. The van der Waals surface area contributed by atoms with Crippen molar-refractivity contribution in [2.45, 2.75) is 26.4 Å². The third-order valence-electron chi connectivity index (χ3n) is 3.70. The van der Waals surface area contributed by atoms with Gasteiger partial charge in [-0.25, -0.2) is 4.79 Å². The predicted octanol–water partition coefficient (Wildman–Crippen LogP) is 1.50. The molecular weight excluding hydrogens is 252 g/mol. The fourth-order valence-corrected chi connectivity index (χ4v) is 2.35. The van der Waals surface area contributed by atoms with E-state index in [0.717, 1.165) is 38.4 Å². The Kier molecular flexibility index (Phi) is 4.84. The molecule has 3 N–H and O–H groups in total. The van der Waals surface area contributed by atoms with Crippen molar-refractivity contribution in [3.63, 3.8) is 0 Å². The van der Waals surface area contributed by atoms with E-state index in [4.69, 9.17) is 5.73 Å². The van der Waals surface area contributed by atoms with Gasteiger partial charge in [-0.1, -0.05) is 12.1 Å². The lowest BCUT2D eigenvalue weighted by Gasteiger charge is -2.28. The molecule has 0 bridgehead atoms. The molecule has 0 spiro atoms. The second-order valence-corrected chi connectivity index (χ2v) is 5.52. The van der Waals surface area contributed by atoms with Crippen molar-refractivity contribution in [2.75, 3.05) is 31.9 Å². The minimum atomic E-state index is 0.0567. The Labute approximate surface area is 120 Å². The molecule has 110 valence electrons. The van der Waals surface area contributed by atoms with Gasteiger partial charge in [0.2, 0.25) is 0 Å². The lowest BCUT2D eigenvalue weighted by molar-refractivity contribution is 0.178. The number of nitrogens with zero attached hydrogens (tertiary/aromatic N) is 2. The van der Waals surface area contributed by atoms with Gasteiger partial charge in [0.05, 0.1) is 0 Å².